The first kappa shape index (κ1) is 15.2. The lowest BCUT2D eigenvalue weighted by Gasteiger charge is -2.28. The van der Waals surface area contributed by atoms with Crippen molar-refractivity contribution in [2.45, 2.75) is 57.5 Å². The Kier molecular flexibility index (Phi) is 4.57. The fraction of sp³-hybridized carbons (Fsp3) is 0.556. The average molecular weight is 299 g/mol. The van der Waals surface area contributed by atoms with Crippen LogP contribution in [0.15, 0.2) is 29.1 Å². The zero-order chi connectivity index (χ0) is 15.5. The Hall–Kier alpha value is -1.68. The quantitative estimate of drug-likeness (QED) is 0.942. The standard InChI is InChI=1S/C18H25N3O/c1-3-15(19-13-9-5-4-6-10-13)17-20-16-12-8-7-11-14(16)18(22)21(17)2/h7-8,11-13,15,19H,3-6,9-10H2,1-2H3. The highest BCUT2D eigenvalue weighted by molar-refractivity contribution is 5.77. The van der Waals surface area contributed by atoms with Crippen molar-refractivity contribution in [1.29, 1.82) is 0 Å². The molecule has 1 saturated carbocycles. The number of para-hydroxylation sites is 1. The molecule has 1 aromatic carbocycles. The van der Waals surface area contributed by atoms with Crippen LogP contribution in [0.3, 0.4) is 0 Å². The number of fused-ring (bicyclic) bond motifs is 1. The van der Waals surface area contributed by atoms with Gasteiger partial charge in [0.05, 0.1) is 16.9 Å². The summed E-state index contributed by atoms with van der Waals surface area (Å²) in [5, 5.41) is 4.43. The summed E-state index contributed by atoms with van der Waals surface area (Å²) in [6.45, 7) is 2.15. The molecule has 2 aromatic rings. The summed E-state index contributed by atoms with van der Waals surface area (Å²) in [5.74, 6) is 0.858. The Morgan fingerprint density at radius 3 is 2.73 bits per heavy atom. The minimum absolute atomic E-state index is 0.0458. The van der Waals surface area contributed by atoms with Crippen LogP contribution in [0, 0.1) is 0 Å². The maximum absolute atomic E-state index is 12.6. The number of benzene rings is 1. The maximum atomic E-state index is 12.6. The van der Waals surface area contributed by atoms with Gasteiger partial charge in [-0.1, -0.05) is 38.3 Å². The molecule has 0 spiro atoms. The molecule has 1 N–H and O–H groups in total. The molecule has 1 aliphatic rings. The van der Waals surface area contributed by atoms with E-state index in [0.717, 1.165) is 17.8 Å². The zero-order valence-electron chi connectivity index (χ0n) is 13.5. The first-order chi connectivity index (χ1) is 10.7. The Morgan fingerprint density at radius 2 is 2.00 bits per heavy atom. The molecule has 3 rings (SSSR count). The first-order valence-corrected chi connectivity index (χ1v) is 8.42. The number of hydrogen-bond acceptors (Lipinski definition) is 3. The summed E-state index contributed by atoms with van der Waals surface area (Å²) in [5.41, 5.74) is 0.842. The van der Waals surface area contributed by atoms with Crippen LogP contribution in [0.25, 0.3) is 10.9 Å². The normalized spacial score (nSPS) is 17.7. The van der Waals surface area contributed by atoms with Crippen molar-refractivity contribution < 1.29 is 0 Å². The highest BCUT2D eigenvalue weighted by Crippen LogP contribution is 2.22. The Bertz CT molecular complexity index is 701. The van der Waals surface area contributed by atoms with Crippen LogP contribution in [-0.2, 0) is 7.05 Å². The molecular formula is C18H25N3O. The fourth-order valence-electron chi connectivity index (χ4n) is 3.48. The van der Waals surface area contributed by atoms with E-state index in [1.165, 1.54) is 32.1 Å². The molecular weight excluding hydrogens is 274 g/mol. The van der Waals surface area contributed by atoms with E-state index in [4.69, 9.17) is 4.98 Å². The van der Waals surface area contributed by atoms with Gasteiger partial charge in [-0.25, -0.2) is 4.98 Å². The third kappa shape index (κ3) is 2.93. The van der Waals surface area contributed by atoms with E-state index in [-0.39, 0.29) is 11.6 Å². The lowest BCUT2D eigenvalue weighted by Crippen LogP contribution is -2.37. The van der Waals surface area contributed by atoms with Crippen molar-refractivity contribution in [3.05, 3.63) is 40.4 Å². The smallest absolute Gasteiger partial charge is 0.261 e. The molecule has 1 unspecified atom stereocenters. The van der Waals surface area contributed by atoms with Gasteiger partial charge in [0.15, 0.2) is 0 Å². The summed E-state index contributed by atoms with van der Waals surface area (Å²) >= 11 is 0. The molecule has 4 heteroatoms. The molecule has 1 aliphatic carbocycles. The predicted molar refractivity (Wildman–Crippen MR) is 90.0 cm³/mol. The largest absolute Gasteiger partial charge is 0.305 e. The van der Waals surface area contributed by atoms with Crippen molar-refractivity contribution in [3.63, 3.8) is 0 Å². The summed E-state index contributed by atoms with van der Waals surface area (Å²) < 4.78 is 1.71. The van der Waals surface area contributed by atoms with Crippen molar-refractivity contribution >= 4 is 10.9 Å². The van der Waals surface area contributed by atoms with Crippen LogP contribution in [0.2, 0.25) is 0 Å². The number of hydrogen-bond donors (Lipinski definition) is 1. The molecule has 1 aromatic heterocycles. The van der Waals surface area contributed by atoms with Crippen molar-refractivity contribution in [2.24, 2.45) is 7.05 Å². The number of rotatable bonds is 4. The lowest BCUT2D eigenvalue weighted by atomic mass is 9.94. The van der Waals surface area contributed by atoms with Gasteiger partial charge in [-0.2, -0.15) is 0 Å². The van der Waals surface area contributed by atoms with Crippen molar-refractivity contribution in [1.82, 2.24) is 14.9 Å². The van der Waals surface area contributed by atoms with Gasteiger partial charge in [0.25, 0.3) is 5.56 Å². The van der Waals surface area contributed by atoms with Crippen LogP contribution >= 0.6 is 0 Å². The van der Waals surface area contributed by atoms with Crippen LogP contribution in [-0.4, -0.2) is 15.6 Å². The lowest BCUT2D eigenvalue weighted by molar-refractivity contribution is 0.324. The third-order valence-electron chi connectivity index (χ3n) is 4.78. The van der Waals surface area contributed by atoms with Crippen LogP contribution in [0.1, 0.15) is 57.3 Å². The number of nitrogens with zero attached hydrogens (tertiary/aromatic N) is 2. The second kappa shape index (κ2) is 6.61. The van der Waals surface area contributed by atoms with Gasteiger partial charge in [-0.05, 0) is 31.4 Å². The molecule has 1 fully saturated rings. The van der Waals surface area contributed by atoms with Crippen LogP contribution < -0.4 is 10.9 Å². The topological polar surface area (TPSA) is 46.9 Å². The summed E-state index contributed by atoms with van der Waals surface area (Å²) in [6, 6.07) is 8.31. The van der Waals surface area contributed by atoms with Crippen LogP contribution in [0.5, 0.6) is 0 Å². The average Bonchev–Trinajstić information content (AvgIpc) is 2.57. The minimum Gasteiger partial charge on any atom is -0.305 e. The SMILES string of the molecule is CCC(NC1CCCCC1)c1nc2ccccc2c(=O)n1C. The Morgan fingerprint density at radius 1 is 1.27 bits per heavy atom. The Labute approximate surface area is 131 Å². The van der Waals surface area contributed by atoms with Gasteiger partial charge in [-0.15, -0.1) is 0 Å². The molecule has 1 atom stereocenters. The van der Waals surface area contributed by atoms with E-state index in [1.807, 2.05) is 31.3 Å². The van der Waals surface area contributed by atoms with Gasteiger partial charge in [0.1, 0.15) is 5.82 Å². The van der Waals surface area contributed by atoms with E-state index in [0.29, 0.717) is 11.4 Å². The third-order valence-corrected chi connectivity index (χ3v) is 4.78. The van der Waals surface area contributed by atoms with Gasteiger partial charge in [0.2, 0.25) is 0 Å². The van der Waals surface area contributed by atoms with E-state index < -0.39 is 0 Å². The predicted octanol–water partition coefficient (Wildman–Crippen LogP) is 3.31. The maximum Gasteiger partial charge on any atom is 0.261 e. The van der Waals surface area contributed by atoms with Gasteiger partial charge >= 0.3 is 0 Å². The van der Waals surface area contributed by atoms with Gasteiger partial charge in [0, 0.05) is 13.1 Å². The molecule has 22 heavy (non-hydrogen) atoms. The highest BCUT2D eigenvalue weighted by atomic mass is 16.1. The Balaban J connectivity index is 1.95. The number of aromatic nitrogens is 2. The summed E-state index contributed by atoms with van der Waals surface area (Å²) in [7, 11) is 1.84. The molecule has 0 saturated heterocycles. The van der Waals surface area contributed by atoms with E-state index in [1.54, 1.807) is 4.57 Å². The summed E-state index contributed by atoms with van der Waals surface area (Å²) in [4.78, 5) is 17.3. The van der Waals surface area contributed by atoms with E-state index >= 15 is 0 Å². The zero-order valence-corrected chi connectivity index (χ0v) is 13.5. The van der Waals surface area contributed by atoms with Crippen molar-refractivity contribution in [3.8, 4) is 0 Å². The second-order valence-electron chi connectivity index (χ2n) is 6.31. The highest BCUT2D eigenvalue weighted by Gasteiger charge is 2.21. The number of nitrogens with one attached hydrogen (secondary N) is 1. The molecule has 0 radical (unpaired) electrons. The van der Waals surface area contributed by atoms with Gasteiger partial charge in [-0.3, -0.25) is 9.36 Å². The molecule has 0 bridgehead atoms. The molecule has 118 valence electrons. The van der Waals surface area contributed by atoms with Crippen molar-refractivity contribution in [2.75, 3.05) is 0 Å². The fourth-order valence-corrected chi connectivity index (χ4v) is 3.48. The molecule has 0 amide bonds. The van der Waals surface area contributed by atoms with Crippen LogP contribution in [0.4, 0.5) is 0 Å². The van der Waals surface area contributed by atoms with Gasteiger partial charge < -0.3 is 5.32 Å². The summed E-state index contributed by atoms with van der Waals surface area (Å²) in [6.07, 6.45) is 7.36. The first-order valence-electron chi connectivity index (χ1n) is 8.42. The monoisotopic (exact) mass is 299 g/mol. The van der Waals surface area contributed by atoms with E-state index in [2.05, 4.69) is 12.2 Å². The molecule has 1 heterocycles. The molecule has 0 aliphatic heterocycles. The molecule has 4 nitrogen and oxygen atoms in total. The second-order valence-corrected chi connectivity index (χ2v) is 6.31. The van der Waals surface area contributed by atoms with E-state index in [9.17, 15) is 4.79 Å². The minimum atomic E-state index is 0.0458.